The summed E-state index contributed by atoms with van der Waals surface area (Å²) in [7, 11) is 1.65. The SMILES string of the molecule is COCCN1CCC(NCC(F)(F)F)CC1.O=C(O)C(F)(F)F. The maximum atomic E-state index is 12.0. The van der Waals surface area contributed by atoms with E-state index in [1.54, 1.807) is 7.11 Å². The second kappa shape index (κ2) is 9.93. The molecule has 0 spiro atoms. The van der Waals surface area contributed by atoms with E-state index in [1.165, 1.54) is 0 Å². The molecule has 11 heteroatoms. The average molecular weight is 354 g/mol. The topological polar surface area (TPSA) is 61.8 Å². The summed E-state index contributed by atoms with van der Waals surface area (Å²) >= 11 is 0. The average Bonchev–Trinajstić information content (AvgIpc) is 2.43. The molecule has 0 amide bonds. The monoisotopic (exact) mass is 354 g/mol. The fourth-order valence-electron chi connectivity index (χ4n) is 1.84. The Labute approximate surface area is 129 Å². The molecule has 2 N–H and O–H groups in total. The van der Waals surface area contributed by atoms with Crippen LogP contribution in [0.1, 0.15) is 12.8 Å². The van der Waals surface area contributed by atoms with E-state index in [1.807, 2.05) is 0 Å². The predicted octanol–water partition coefficient (Wildman–Crippen LogP) is 1.88. The van der Waals surface area contributed by atoms with Crippen molar-refractivity contribution in [2.24, 2.45) is 0 Å². The fraction of sp³-hybridized carbons (Fsp3) is 0.917. The van der Waals surface area contributed by atoms with E-state index in [2.05, 4.69) is 10.2 Å². The second-order valence-electron chi connectivity index (χ2n) is 4.91. The largest absolute Gasteiger partial charge is 0.490 e. The molecule has 1 aliphatic heterocycles. The Morgan fingerprint density at radius 3 is 2.04 bits per heavy atom. The molecule has 0 aromatic carbocycles. The number of alkyl halides is 6. The number of halogens is 6. The van der Waals surface area contributed by atoms with Crippen LogP contribution in [0.4, 0.5) is 26.3 Å². The van der Waals surface area contributed by atoms with Crippen molar-refractivity contribution in [3.63, 3.8) is 0 Å². The quantitative estimate of drug-likeness (QED) is 0.739. The van der Waals surface area contributed by atoms with Crippen molar-refractivity contribution in [1.82, 2.24) is 10.2 Å². The maximum absolute atomic E-state index is 12.0. The summed E-state index contributed by atoms with van der Waals surface area (Å²) in [5, 5.41) is 9.68. The Kier molecular flexibility index (Phi) is 9.47. The molecular formula is C12H20F6N2O3. The van der Waals surface area contributed by atoms with Crippen molar-refractivity contribution in [1.29, 1.82) is 0 Å². The number of carbonyl (C=O) groups is 1. The van der Waals surface area contributed by atoms with E-state index in [0.717, 1.165) is 32.5 Å². The Balaban J connectivity index is 0.000000585. The van der Waals surface area contributed by atoms with E-state index >= 15 is 0 Å². The van der Waals surface area contributed by atoms with Crippen LogP contribution < -0.4 is 5.32 Å². The second-order valence-corrected chi connectivity index (χ2v) is 4.91. The lowest BCUT2D eigenvalue weighted by atomic mass is 10.1. The van der Waals surface area contributed by atoms with Gasteiger partial charge in [0.2, 0.25) is 0 Å². The van der Waals surface area contributed by atoms with Gasteiger partial charge in [0.05, 0.1) is 13.2 Å². The van der Waals surface area contributed by atoms with Crippen molar-refractivity contribution in [2.45, 2.75) is 31.2 Å². The molecule has 0 bridgehead atoms. The van der Waals surface area contributed by atoms with Gasteiger partial charge in [0.25, 0.3) is 0 Å². The van der Waals surface area contributed by atoms with E-state index < -0.39 is 24.9 Å². The van der Waals surface area contributed by atoms with Crippen molar-refractivity contribution in [2.75, 3.05) is 39.9 Å². The summed E-state index contributed by atoms with van der Waals surface area (Å²) in [6, 6.07) is 0.000389. The van der Waals surface area contributed by atoms with Crippen LogP contribution in [-0.4, -0.2) is 74.3 Å². The number of piperidine rings is 1. The van der Waals surface area contributed by atoms with E-state index in [4.69, 9.17) is 14.6 Å². The van der Waals surface area contributed by atoms with Gasteiger partial charge in [0.1, 0.15) is 0 Å². The Morgan fingerprint density at radius 2 is 1.70 bits per heavy atom. The van der Waals surface area contributed by atoms with Crippen LogP contribution in [0.15, 0.2) is 0 Å². The predicted molar refractivity (Wildman–Crippen MR) is 69.1 cm³/mol. The van der Waals surface area contributed by atoms with Gasteiger partial charge in [-0.1, -0.05) is 0 Å². The van der Waals surface area contributed by atoms with Gasteiger partial charge < -0.3 is 20.1 Å². The molecule has 0 saturated carbocycles. The Morgan fingerprint density at radius 1 is 1.22 bits per heavy atom. The molecule has 1 fully saturated rings. The summed E-state index contributed by atoms with van der Waals surface area (Å²) in [4.78, 5) is 11.1. The number of carboxylic acid groups (broad SMARTS) is 1. The van der Waals surface area contributed by atoms with Crippen molar-refractivity contribution in [3.8, 4) is 0 Å². The van der Waals surface area contributed by atoms with E-state index in [-0.39, 0.29) is 6.04 Å². The molecule has 0 aromatic rings. The molecule has 0 aromatic heterocycles. The molecule has 1 saturated heterocycles. The van der Waals surface area contributed by atoms with Crippen LogP contribution in [0.2, 0.25) is 0 Å². The van der Waals surface area contributed by atoms with Crippen LogP contribution in [-0.2, 0) is 9.53 Å². The summed E-state index contributed by atoms with van der Waals surface area (Å²) < 4.78 is 72.6. The van der Waals surface area contributed by atoms with Gasteiger partial charge in [-0.25, -0.2) is 4.79 Å². The third-order valence-electron chi connectivity index (χ3n) is 3.03. The molecule has 1 rings (SSSR count). The zero-order chi connectivity index (χ0) is 18.1. The number of rotatable bonds is 5. The molecule has 0 radical (unpaired) electrons. The standard InChI is InChI=1S/C10H19F3N2O.C2HF3O2/c1-16-7-6-15-4-2-9(3-5-15)14-8-10(11,12)13;3-2(4,5)1(6)7/h9,14H,2-8H2,1H3;(H,6,7). The van der Waals surface area contributed by atoms with Crippen molar-refractivity contribution >= 4 is 5.97 Å². The summed E-state index contributed by atoms with van der Waals surface area (Å²) in [6.07, 6.45) is -7.63. The smallest absolute Gasteiger partial charge is 0.475 e. The van der Waals surface area contributed by atoms with Crippen LogP contribution in [0.25, 0.3) is 0 Å². The lowest BCUT2D eigenvalue weighted by molar-refractivity contribution is -0.192. The van der Waals surface area contributed by atoms with Gasteiger partial charge in [-0.15, -0.1) is 0 Å². The van der Waals surface area contributed by atoms with Crippen LogP contribution in [0, 0.1) is 0 Å². The lowest BCUT2D eigenvalue weighted by Crippen LogP contribution is -2.45. The van der Waals surface area contributed by atoms with Crippen molar-refractivity contribution in [3.05, 3.63) is 0 Å². The number of hydrogen-bond donors (Lipinski definition) is 2. The molecule has 1 heterocycles. The minimum Gasteiger partial charge on any atom is -0.475 e. The number of nitrogens with zero attached hydrogens (tertiary/aromatic N) is 1. The van der Waals surface area contributed by atoms with Gasteiger partial charge in [-0.05, 0) is 25.9 Å². The van der Waals surface area contributed by atoms with Gasteiger partial charge in [-0.2, -0.15) is 26.3 Å². The number of likely N-dealkylation sites (tertiary alicyclic amines) is 1. The number of ether oxygens (including phenoxy) is 1. The first-order valence-electron chi connectivity index (χ1n) is 6.77. The van der Waals surface area contributed by atoms with Crippen LogP contribution in [0.5, 0.6) is 0 Å². The third kappa shape index (κ3) is 12.1. The normalized spacial score (nSPS) is 17.5. The lowest BCUT2D eigenvalue weighted by Gasteiger charge is -2.32. The van der Waals surface area contributed by atoms with E-state index in [9.17, 15) is 26.3 Å². The van der Waals surface area contributed by atoms with Gasteiger partial charge in [-0.3, -0.25) is 0 Å². The van der Waals surface area contributed by atoms with Crippen LogP contribution in [0.3, 0.4) is 0 Å². The molecule has 138 valence electrons. The van der Waals surface area contributed by atoms with Crippen molar-refractivity contribution < 1.29 is 41.0 Å². The maximum Gasteiger partial charge on any atom is 0.490 e. The van der Waals surface area contributed by atoms with E-state index in [0.29, 0.717) is 6.61 Å². The minimum absolute atomic E-state index is 0.000389. The highest BCUT2D eigenvalue weighted by Gasteiger charge is 2.38. The number of methoxy groups -OCH3 is 1. The molecular weight excluding hydrogens is 334 g/mol. The zero-order valence-corrected chi connectivity index (χ0v) is 12.5. The summed E-state index contributed by atoms with van der Waals surface area (Å²) in [5.74, 6) is -2.76. The highest BCUT2D eigenvalue weighted by molar-refractivity contribution is 5.73. The molecule has 0 unspecified atom stereocenters. The molecule has 1 aliphatic rings. The minimum atomic E-state index is -5.08. The van der Waals surface area contributed by atoms with Gasteiger partial charge in [0, 0.05) is 19.7 Å². The third-order valence-corrected chi connectivity index (χ3v) is 3.03. The number of aliphatic carboxylic acids is 1. The number of hydrogen-bond acceptors (Lipinski definition) is 4. The highest BCUT2D eigenvalue weighted by atomic mass is 19.4. The fourth-order valence-corrected chi connectivity index (χ4v) is 1.84. The molecule has 0 atom stereocenters. The summed E-state index contributed by atoms with van der Waals surface area (Å²) in [6.45, 7) is 2.36. The first kappa shape index (κ1) is 21.9. The van der Waals surface area contributed by atoms with Crippen LogP contribution >= 0.6 is 0 Å². The summed E-state index contributed by atoms with van der Waals surface area (Å²) in [5.41, 5.74) is 0. The zero-order valence-electron chi connectivity index (χ0n) is 12.5. The first-order chi connectivity index (χ1) is 10.5. The number of nitrogens with one attached hydrogen (secondary N) is 1. The Bertz CT molecular complexity index is 341. The number of carboxylic acids is 1. The molecule has 0 aliphatic carbocycles. The Hall–Kier alpha value is -1.07. The van der Waals surface area contributed by atoms with Gasteiger partial charge in [0.15, 0.2) is 0 Å². The highest BCUT2D eigenvalue weighted by Crippen LogP contribution is 2.15. The molecule has 5 nitrogen and oxygen atoms in total. The molecule has 23 heavy (non-hydrogen) atoms. The first-order valence-corrected chi connectivity index (χ1v) is 6.77. The van der Waals surface area contributed by atoms with Gasteiger partial charge >= 0.3 is 18.3 Å².